The van der Waals surface area contributed by atoms with E-state index in [2.05, 4.69) is 35.4 Å². The first kappa shape index (κ1) is 25.4. The Morgan fingerprint density at radius 3 is 2.86 bits per heavy atom. The van der Waals surface area contributed by atoms with Crippen LogP contribution in [0.1, 0.15) is 34.3 Å². The third kappa shape index (κ3) is 6.48. The molecular formula is C22H22BrF2N5O4S. The van der Waals surface area contributed by atoms with Gasteiger partial charge in [-0.05, 0) is 58.5 Å². The molecule has 1 aliphatic rings. The highest BCUT2D eigenvalue weighted by atomic mass is 79.9. The molecule has 0 radical (unpaired) electrons. The van der Waals surface area contributed by atoms with E-state index in [9.17, 15) is 22.0 Å². The zero-order valence-electron chi connectivity index (χ0n) is 18.3. The van der Waals surface area contributed by atoms with E-state index in [0.717, 1.165) is 5.56 Å². The van der Waals surface area contributed by atoms with E-state index >= 15 is 0 Å². The minimum absolute atomic E-state index is 0.0872. The Hall–Kier alpha value is -2.74. The number of carbonyl (C=O) groups is 1. The van der Waals surface area contributed by atoms with E-state index in [1.165, 1.54) is 18.6 Å². The van der Waals surface area contributed by atoms with Gasteiger partial charge in [0.25, 0.3) is 0 Å². The summed E-state index contributed by atoms with van der Waals surface area (Å²) >= 11 is 3.16. The van der Waals surface area contributed by atoms with Gasteiger partial charge in [0.1, 0.15) is 24.1 Å². The van der Waals surface area contributed by atoms with Crippen molar-refractivity contribution >= 4 is 37.8 Å². The second-order valence-corrected chi connectivity index (χ2v) is 10.4. The van der Waals surface area contributed by atoms with Crippen LogP contribution in [0.15, 0.2) is 53.7 Å². The van der Waals surface area contributed by atoms with Crippen molar-refractivity contribution in [1.82, 2.24) is 14.5 Å². The summed E-state index contributed by atoms with van der Waals surface area (Å²) in [6.07, 6.45) is 5.06. The molecule has 3 atom stereocenters. The van der Waals surface area contributed by atoms with Gasteiger partial charge >= 0.3 is 10.3 Å². The standard InChI is InChI=1S/C22H22BrF2N5O4S/c23-17-5-13(1-2-18(17)24)9-30-4-3-15(10-30)21(31)16-8-27-12-28-22(16)29-20-7-14(6-19(20)25)11-34-35(26,32)33/h1-5,8,10,12,14,19-20H,6-7,9,11H2,(H2,26,32,33)(H,27,28,29)/t14-,19+,20-/m1/s1. The molecule has 1 fully saturated rings. The second-order valence-electron chi connectivity index (χ2n) is 8.32. The van der Waals surface area contributed by atoms with E-state index in [-0.39, 0.29) is 48.3 Å². The highest BCUT2D eigenvalue weighted by molar-refractivity contribution is 9.10. The zero-order valence-corrected chi connectivity index (χ0v) is 20.7. The molecule has 4 rings (SSSR count). The predicted octanol–water partition coefficient (Wildman–Crippen LogP) is 3.21. The van der Waals surface area contributed by atoms with Crippen molar-refractivity contribution < 1.29 is 26.2 Å². The molecular weight excluding hydrogens is 548 g/mol. The number of rotatable bonds is 9. The molecule has 9 nitrogen and oxygen atoms in total. The number of hydrogen-bond acceptors (Lipinski definition) is 7. The van der Waals surface area contributed by atoms with Crippen LogP contribution in [0.5, 0.6) is 0 Å². The van der Waals surface area contributed by atoms with Crippen molar-refractivity contribution in [3.63, 3.8) is 0 Å². The Kier molecular flexibility index (Phi) is 7.59. The Morgan fingerprint density at radius 1 is 1.31 bits per heavy atom. The predicted molar refractivity (Wildman–Crippen MR) is 127 cm³/mol. The largest absolute Gasteiger partial charge is 0.364 e. The van der Waals surface area contributed by atoms with Gasteiger partial charge in [0.2, 0.25) is 0 Å². The minimum Gasteiger partial charge on any atom is -0.364 e. The molecule has 0 aliphatic heterocycles. The van der Waals surface area contributed by atoms with E-state index in [4.69, 9.17) is 5.14 Å². The van der Waals surface area contributed by atoms with Crippen LogP contribution in [0.2, 0.25) is 0 Å². The molecule has 3 N–H and O–H groups in total. The zero-order chi connectivity index (χ0) is 25.2. The van der Waals surface area contributed by atoms with E-state index in [0.29, 0.717) is 16.6 Å². The van der Waals surface area contributed by atoms with E-state index < -0.39 is 22.5 Å². The lowest BCUT2D eigenvalue weighted by atomic mass is 10.1. The molecule has 1 aliphatic carbocycles. The van der Waals surface area contributed by atoms with Gasteiger partial charge in [0.05, 0.1) is 22.7 Å². The van der Waals surface area contributed by atoms with E-state index in [1.54, 1.807) is 35.2 Å². The molecule has 0 saturated heterocycles. The molecule has 3 aromatic rings. The number of ketones is 1. The van der Waals surface area contributed by atoms with Crippen LogP contribution in [0.4, 0.5) is 14.6 Å². The summed E-state index contributed by atoms with van der Waals surface area (Å²) in [5.41, 5.74) is 1.40. The molecule has 1 saturated carbocycles. The quantitative estimate of drug-likeness (QED) is 0.378. The molecule has 0 amide bonds. The minimum atomic E-state index is -4.11. The number of nitrogens with zero attached hydrogens (tertiary/aromatic N) is 3. The molecule has 1 aromatic carbocycles. The summed E-state index contributed by atoms with van der Waals surface area (Å²) in [6.45, 7) is 0.210. The van der Waals surface area contributed by atoms with Crippen molar-refractivity contribution in [2.24, 2.45) is 11.1 Å². The third-order valence-electron chi connectivity index (χ3n) is 5.69. The van der Waals surface area contributed by atoms with Crippen LogP contribution >= 0.6 is 15.9 Å². The first-order valence-corrected chi connectivity index (χ1v) is 12.9. The maximum atomic E-state index is 14.6. The molecule has 0 spiro atoms. The summed E-state index contributed by atoms with van der Waals surface area (Å²) in [7, 11) is -4.11. The molecule has 2 aromatic heterocycles. The SMILES string of the molecule is NS(=O)(=O)OC[C@@H]1C[C@H](F)[C@H](Nc2ncncc2C(=O)c2ccn(Cc3ccc(F)c(Br)c3)c2)C1. The number of aromatic nitrogens is 3. The molecule has 0 unspecified atom stereocenters. The second kappa shape index (κ2) is 10.5. The van der Waals surface area contributed by atoms with Crippen molar-refractivity contribution in [2.45, 2.75) is 31.6 Å². The summed E-state index contributed by atoms with van der Waals surface area (Å²) < 4.78 is 56.8. The van der Waals surface area contributed by atoms with Gasteiger partial charge in [-0.3, -0.25) is 8.98 Å². The fourth-order valence-electron chi connectivity index (χ4n) is 4.03. The number of halogens is 3. The lowest BCUT2D eigenvalue weighted by Crippen LogP contribution is -2.27. The first-order valence-electron chi connectivity index (χ1n) is 10.6. The van der Waals surface area contributed by atoms with Gasteiger partial charge in [-0.25, -0.2) is 23.9 Å². The Balaban J connectivity index is 1.45. The first-order chi connectivity index (χ1) is 16.6. The van der Waals surface area contributed by atoms with Crippen LogP contribution in [-0.2, 0) is 21.0 Å². The van der Waals surface area contributed by atoms with Gasteiger partial charge in [-0.1, -0.05) is 6.07 Å². The number of nitrogens with two attached hydrogens (primary N) is 1. The van der Waals surface area contributed by atoms with Gasteiger partial charge in [0.15, 0.2) is 5.78 Å². The topological polar surface area (TPSA) is 129 Å². The Bertz CT molecular complexity index is 1340. The van der Waals surface area contributed by atoms with Gasteiger partial charge < -0.3 is 9.88 Å². The molecule has 186 valence electrons. The number of alkyl halides is 1. The van der Waals surface area contributed by atoms with Gasteiger partial charge in [-0.15, -0.1) is 0 Å². The maximum Gasteiger partial charge on any atom is 0.333 e. The van der Waals surface area contributed by atoms with Crippen LogP contribution < -0.4 is 10.5 Å². The Morgan fingerprint density at radius 2 is 2.11 bits per heavy atom. The van der Waals surface area contributed by atoms with Crippen molar-refractivity contribution in [1.29, 1.82) is 0 Å². The molecule has 13 heteroatoms. The number of hydrogen-bond donors (Lipinski definition) is 2. The Labute approximate surface area is 209 Å². The van der Waals surface area contributed by atoms with Gasteiger partial charge in [0, 0.05) is 30.7 Å². The summed E-state index contributed by atoms with van der Waals surface area (Å²) in [6, 6.07) is 5.64. The van der Waals surface area contributed by atoms with Crippen LogP contribution in [0.25, 0.3) is 0 Å². The highest BCUT2D eigenvalue weighted by Crippen LogP contribution is 2.32. The fraction of sp³-hybridized carbons (Fsp3) is 0.318. The molecule has 35 heavy (non-hydrogen) atoms. The number of nitrogens with one attached hydrogen (secondary N) is 1. The summed E-state index contributed by atoms with van der Waals surface area (Å²) in [4.78, 5) is 21.2. The smallest absolute Gasteiger partial charge is 0.333 e. The van der Waals surface area contributed by atoms with Crippen molar-refractivity contribution in [3.05, 3.63) is 76.2 Å². The highest BCUT2D eigenvalue weighted by Gasteiger charge is 2.36. The number of anilines is 1. The third-order valence-corrected chi connectivity index (χ3v) is 6.76. The lowest BCUT2D eigenvalue weighted by molar-refractivity contribution is 0.103. The van der Waals surface area contributed by atoms with Crippen LogP contribution in [0, 0.1) is 11.7 Å². The number of carbonyl (C=O) groups excluding carboxylic acids is 1. The maximum absolute atomic E-state index is 14.6. The van der Waals surface area contributed by atoms with Crippen molar-refractivity contribution in [2.75, 3.05) is 11.9 Å². The molecule has 0 bridgehead atoms. The summed E-state index contributed by atoms with van der Waals surface area (Å²) in [5.74, 6) is -0.889. The fourth-order valence-corrected chi connectivity index (χ4v) is 4.83. The summed E-state index contributed by atoms with van der Waals surface area (Å²) in [5, 5.41) is 7.80. The molecule has 2 heterocycles. The monoisotopic (exact) mass is 569 g/mol. The van der Waals surface area contributed by atoms with Gasteiger partial charge in [-0.2, -0.15) is 8.42 Å². The average molecular weight is 570 g/mol. The van der Waals surface area contributed by atoms with Crippen LogP contribution in [0.3, 0.4) is 0 Å². The van der Waals surface area contributed by atoms with E-state index in [1.807, 2.05) is 0 Å². The van der Waals surface area contributed by atoms with Crippen LogP contribution in [-0.4, -0.2) is 47.6 Å². The normalized spacial score (nSPS) is 20.2. The lowest BCUT2D eigenvalue weighted by Gasteiger charge is -2.17. The average Bonchev–Trinajstić information content (AvgIpc) is 3.41. The van der Waals surface area contributed by atoms with Crippen molar-refractivity contribution in [3.8, 4) is 0 Å². The number of benzene rings is 1.